The van der Waals surface area contributed by atoms with Gasteiger partial charge in [-0.1, -0.05) is 6.07 Å². The summed E-state index contributed by atoms with van der Waals surface area (Å²) in [5, 5.41) is 3.65. The van der Waals surface area contributed by atoms with Crippen LogP contribution in [0.1, 0.15) is 0 Å². The molecule has 26 heavy (non-hydrogen) atoms. The Bertz CT molecular complexity index is 846. The molecule has 2 amide bonds. The molecule has 2 aromatic rings. The maximum atomic E-state index is 12.3. The first-order valence-electron chi connectivity index (χ1n) is 8.10. The van der Waals surface area contributed by atoms with Crippen molar-refractivity contribution in [1.29, 1.82) is 0 Å². The molecule has 1 saturated heterocycles. The van der Waals surface area contributed by atoms with Gasteiger partial charge in [0.15, 0.2) is 0 Å². The van der Waals surface area contributed by atoms with Gasteiger partial charge in [0, 0.05) is 17.8 Å². The number of benzene rings is 1. The number of furan rings is 1. The van der Waals surface area contributed by atoms with Gasteiger partial charge in [-0.05, 0) is 44.1 Å². The van der Waals surface area contributed by atoms with Crippen LogP contribution in [0.15, 0.2) is 47.1 Å². The van der Waals surface area contributed by atoms with Gasteiger partial charge in [0.05, 0.1) is 19.9 Å². The van der Waals surface area contributed by atoms with Crippen LogP contribution in [-0.4, -0.2) is 59.9 Å². The van der Waals surface area contributed by atoms with Crippen molar-refractivity contribution in [2.45, 2.75) is 0 Å². The summed E-state index contributed by atoms with van der Waals surface area (Å²) >= 11 is 1.45. The number of rotatable bonds is 5. The lowest BCUT2D eigenvalue weighted by molar-refractivity contribution is -0.402. The normalized spacial score (nSPS) is 16.3. The first-order valence-corrected chi connectivity index (χ1v) is 9.09. The largest absolute Gasteiger partial charge is 0.431 e. The lowest BCUT2D eigenvalue weighted by atomic mass is 10.2. The molecule has 7 nitrogen and oxygen atoms in total. The molecule has 2 heterocycles. The zero-order valence-corrected chi connectivity index (χ0v) is 15.7. The minimum Gasteiger partial charge on any atom is -0.431 e. The maximum Gasteiger partial charge on any atom is 0.329 e. The number of nitrogens with zero attached hydrogens (tertiary/aromatic N) is 3. The molecule has 0 bridgehead atoms. The van der Waals surface area contributed by atoms with E-state index in [9.17, 15) is 9.59 Å². The summed E-state index contributed by atoms with van der Waals surface area (Å²) in [6.45, 7) is 0.314. The van der Waals surface area contributed by atoms with E-state index in [0.717, 1.165) is 10.9 Å². The highest BCUT2D eigenvalue weighted by molar-refractivity contribution is 8.15. The van der Waals surface area contributed by atoms with Gasteiger partial charge >= 0.3 is 11.1 Å². The zero-order chi connectivity index (χ0) is 18.7. The van der Waals surface area contributed by atoms with E-state index in [1.807, 2.05) is 54.9 Å². The van der Waals surface area contributed by atoms with Gasteiger partial charge in [0.1, 0.15) is 11.4 Å². The Hall–Kier alpha value is -2.58. The minimum atomic E-state index is -0.0786. The van der Waals surface area contributed by atoms with Crippen LogP contribution in [0.25, 0.3) is 0 Å². The highest BCUT2D eigenvalue weighted by atomic mass is 32.2. The molecule has 0 aliphatic carbocycles. The van der Waals surface area contributed by atoms with E-state index in [1.165, 1.54) is 11.8 Å². The van der Waals surface area contributed by atoms with Crippen LogP contribution in [0.3, 0.4) is 0 Å². The lowest BCUT2D eigenvalue weighted by Gasteiger charge is -2.12. The first-order chi connectivity index (χ1) is 12.5. The predicted octanol–water partition coefficient (Wildman–Crippen LogP) is 2.19. The van der Waals surface area contributed by atoms with Gasteiger partial charge in [0.25, 0.3) is 5.88 Å². The molecule has 8 heteroatoms. The van der Waals surface area contributed by atoms with E-state index < -0.39 is 0 Å². The zero-order valence-electron chi connectivity index (χ0n) is 14.9. The lowest BCUT2D eigenvalue weighted by Crippen LogP contribution is -2.33. The third-order valence-corrected chi connectivity index (χ3v) is 4.86. The van der Waals surface area contributed by atoms with Gasteiger partial charge in [-0.2, -0.15) is 0 Å². The second-order valence-electron chi connectivity index (χ2n) is 6.15. The Balaban J connectivity index is 1.88. The molecule has 0 atom stereocenters. The molecular weight excluding hydrogens is 352 g/mol. The Morgan fingerprint density at radius 2 is 2.15 bits per heavy atom. The predicted molar refractivity (Wildman–Crippen MR) is 103 cm³/mol. The van der Waals surface area contributed by atoms with Gasteiger partial charge < -0.3 is 14.6 Å². The van der Waals surface area contributed by atoms with Crippen LogP contribution >= 0.6 is 11.8 Å². The van der Waals surface area contributed by atoms with Crippen LogP contribution in [-0.2, 0) is 9.59 Å². The number of likely N-dealkylation sites (N-methyl/N-ethyl adjacent to an activating group) is 1. The molecule has 3 rings (SSSR count). The van der Waals surface area contributed by atoms with Gasteiger partial charge in [0.2, 0.25) is 5.91 Å². The minimum absolute atomic E-state index is 0.0257. The average Bonchev–Trinajstić information content (AvgIpc) is 3.22. The number of thioether (sulfide) groups is 1. The second-order valence-corrected chi connectivity index (χ2v) is 7.09. The van der Waals surface area contributed by atoms with E-state index in [1.54, 1.807) is 23.3 Å². The smallest absolute Gasteiger partial charge is 0.329 e. The summed E-state index contributed by atoms with van der Waals surface area (Å²) in [5.41, 5.74) is 1.57. The number of amidine groups is 1. The Morgan fingerprint density at radius 3 is 2.85 bits per heavy atom. The summed E-state index contributed by atoms with van der Waals surface area (Å²) < 4.78 is 7.32. The monoisotopic (exact) mass is 373 g/mol. The summed E-state index contributed by atoms with van der Waals surface area (Å²) in [5.74, 6) is 0.754. The second kappa shape index (κ2) is 7.76. The van der Waals surface area contributed by atoms with Crippen LogP contribution < -0.4 is 10.2 Å². The fourth-order valence-electron chi connectivity index (χ4n) is 2.61. The van der Waals surface area contributed by atoms with E-state index in [-0.39, 0.29) is 11.8 Å². The van der Waals surface area contributed by atoms with Crippen LogP contribution in [0.5, 0.6) is 0 Å². The number of hydrogen-bond donors (Lipinski definition) is 1. The van der Waals surface area contributed by atoms with Crippen LogP contribution in [0.2, 0.25) is 0 Å². The van der Waals surface area contributed by atoms with Crippen molar-refractivity contribution >= 4 is 46.0 Å². The molecular formula is C18H21N4O3S+. The molecule has 1 aliphatic rings. The molecule has 1 aromatic heterocycles. The number of anilines is 2. The first kappa shape index (κ1) is 18.2. The van der Waals surface area contributed by atoms with Crippen molar-refractivity contribution in [1.82, 2.24) is 4.90 Å². The number of carbonyl (C=O) groups is 2. The molecule has 1 N–H and O–H groups in total. The molecule has 1 aromatic carbocycles. The quantitative estimate of drug-likeness (QED) is 0.814. The highest BCUT2D eigenvalue weighted by Gasteiger charge is 2.41. The average molecular weight is 373 g/mol. The summed E-state index contributed by atoms with van der Waals surface area (Å²) in [7, 11) is 5.58. The van der Waals surface area contributed by atoms with Crippen molar-refractivity contribution in [3.05, 3.63) is 42.7 Å². The van der Waals surface area contributed by atoms with E-state index in [0.29, 0.717) is 23.9 Å². The standard InChI is InChI=1S/C18H20N4O3S/c1-20(2)11-15(23)19-13-6-4-7-14(10-13)21(3)18-22(16(24)12-26-18)17-8-5-9-25-17/h4-10H,11-12H2,1-3H3/p+1. The Kier molecular flexibility index (Phi) is 5.43. The SMILES string of the molecule is CN(C)CC(=O)Nc1cccc([N+](C)=C2SCC(=O)N2c2ccco2)c1. The Labute approximate surface area is 156 Å². The number of hydrogen-bond acceptors (Lipinski definition) is 5. The van der Waals surface area contributed by atoms with E-state index in [2.05, 4.69) is 5.32 Å². The van der Waals surface area contributed by atoms with Crippen molar-refractivity contribution in [2.24, 2.45) is 0 Å². The van der Waals surface area contributed by atoms with Gasteiger partial charge in [-0.3, -0.25) is 4.79 Å². The Morgan fingerprint density at radius 1 is 1.35 bits per heavy atom. The molecule has 0 spiro atoms. The highest BCUT2D eigenvalue weighted by Crippen LogP contribution is 2.29. The number of amides is 2. The fourth-order valence-corrected chi connectivity index (χ4v) is 3.62. The third-order valence-electron chi connectivity index (χ3n) is 3.76. The van der Waals surface area contributed by atoms with Crippen LogP contribution in [0.4, 0.5) is 17.3 Å². The summed E-state index contributed by atoms with van der Waals surface area (Å²) in [4.78, 5) is 27.6. The molecule has 1 fully saturated rings. The number of carbonyl (C=O) groups excluding carboxylic acids is 2. The van der Waals surface area contributed by atoms with Gasteiger partial charge in [-0.15, -0.1) is 4.90 Å². The van der Waals surface area contributed by atoms with Gasteiger partial charge in [-0.25, -0.2) is 9.37 Å². The van der Waals surface area contributed by atoms with Crippen molar-refractivity contribution in [2.75, 3.05) is 43.7 Å². The molecule has 0 saturated carbocycles. The third kappa shape index (κ3) is 3.97. The summed E-state index contributed by atoms with van der Waals surface area (Å²) in [6, 6.07) is 11.0. The van der Waals surface area contributed by atoms with E-state index in [4.69, 9.17) is 4.42 Å². The summed E-state index contributed by atoms with van der Waals surface area (Å²) in [6.07, 6.45) is 1.55. The molecule has 136 valence electrons. The molecule has 1 aliphatic heterocycles. The van der Waals surface area contributed by atoms with Crippen LogP contribution in [0, 0.1) is 0 Å². The number of nitrogens with one attached hydrogen (secondary N) is 1. The molecule has 0 radical (unpaired) electrons. The topological polar surface area (TPSA) is 68.8 Å². The molecule has 0 unspecified atom stereocenters. The van der Waals surface area contributed by atoms with Crippen molar-refractivity contribution < 1.29 is 18.6 Å². The maximum absolute atomic E-state index is 12.3. The van der Waals surface area contributed by atoms with Crippen molar-refractivity contribution in [3.8, 4) is 0 Å². The van der Waals surface area contributed by atoms with E-state index >= 15 is 0 Å². The van der Waals surface area contributed by atoms with Crippen molar-refractivity contribution in [3.63, 3.8) is 0 Å². The fraction of sp³-hybridized carbons (Fsp3) is 0.278.